The second-order valence-corrected chi connectivity index (χ2v) is 10.5. The van der Waals surface area contributed by atoms with Crippen molar-refractivity contribution >= 4 is 28.9 Å². The third-order valence-electron chi connectivity index (χ3n) is 7.58. The molecule has 3 aromatic rings. The lowest BCUT2D eigenvalue weighted by molar-refractivity contribution is 0.310. The molecule has 158 valence electrons. The Balaban J connectivity index is 1.74. The van der Waals surface area contributed by atoms with Gasteiger partial charge < -0.3 is 4.90 Å². The van der Waals surface area contributed by atoms with Crippen LogP contribution in [0.4, 0.5) is 5.69 Å². The van der Waals surface area contributed by atoms with Crippen LogP contribution in [0.15, 0.2) is 48.5 Å². The van der Waals surface area contributed by atoms with Crippen LogP contribution in [0.25, 0.3) is 0 Å². The minimum atomic E-state index is -0.728. The number of fused-ring (bicyclic) bond motifs is 1. The fourth-order valence-electron chi connectivity index (χ4n) is 5.94. The molecule has 2 atom stereocenters. The lowest BCUT2D eigenvalue weighted by Gasteiger charge is -2.52. The molecular weight excluding hydrogens is 423 g/mol. The normalized spacial score (nSPS) is 25.7. The maximum atomic E-state index is 7.75. The van der Waals surface area contributed by atoms with E-state index in [1.807, 2.05) is 0 Å². The highest BCUT2D eigenvalue weighted by Crippen LogP contribution is 2.66. The van der Waals surface area contributed by atoms with Crippen LogP contribution < -0.4 is 4.90 Å². The van der Waals surface area contributed by atoms with Gasteiger partial charge in [-0.1, -0.05) is 36.4 Å². The highest BCUT2D eigenvalue weighted by molar-refractivity contribution is 6.35. The quantitative estimate of drug-likeness (QED) is 0.407. The number of halogens is 2. The summed E-state index contributed by atoms with van der Waals surface area (Å²) in [5.74, 6) is 0. The van der Waals surface area contributed by atoms with Crippen LogP contribution >= 0.6 is 23.2 Å². The number of alkyl halides is 2. The predicted molar refractivity (Wildman–Crippen MR) is 130 cm³/mol. The summed E-state index contributed by atoms with van der Waals surface area (Å²) in [5.41, 5.74) is 11.9. The molecule has 1 aliphatic heterocycles. The van der Waals surface area contributed by atoms with Crippen molar-refractivity contribution < 1.29 is 0 Å². The average Bonchev–Trinajstić information content (AvgIpc) is 2.76. The fourth-order valence-corrected chi connectivity index (χ4v) is 6.90. The molecular formula is C27H26Cl2N2. The molecule has 3 aromatic carbocycles. The summed E-state index contributed by atoms with van der Waals surface area (Å²) in [5, 5.41) is 0. The van der Waals surface area contributed by atoms with Crippen LogP contribution in [0.2, 0.25) is 0 Å². The number of hydrogen-bond acceptors (Lipinski definition) is 2. The lowest BCUT2D eigenvalue weighted by Crippen LogP contribution is -2.47. The highest BCUT2D eigenvalue weighted by atomic mass is 35.5. The SMILES string of the molecule is CCN1CN(C)Cc2cc3c(cc21)C1(Cl)c2ccccc2C3(Cl)c2cc(C)c(C)cc21. The predicted octanol–water partition coefficient (Wildman–Crippen LogP) is 6.22. The van der Waals surface area contributed by atoms with Gasteiger partial charge in [0.25, 0.3) is 0 Å². The fraction of sp³-hybridized carbons (Fsp3) is 0.333. The van der Waals surface area contributed by atoms with Crippen LogP contribution in [-0.2, 0) is 16.3 Å². The molecule has 0 saturated heterocycles. The van der Waals surface area contributed by atoms with Crippen molar-refractivity contribution in [3.05, 3.63) is 98.6 Å². The van der Waals surface area contributed by atoms with Gasteiger partial charge in [0, 0.05) is 18.8 Å². The molecule has 0 radical (unpaired) electrons. The van der Waals surface area contributed by atoms with E-state index in [9.17, 15) is 0 Å². The summed E-state index contributed by atoms with van der Waals surface area (Å²) in [6.45, 7) is 9.34. The van der Waals surface area contributed by atoms with Crippen molar-refractivity contribution in [1.29, 1.82) is 0 Å². The van der Waals surface area contributed by atoms with Gasteiger partial charge in [0.15, 0.2) is 0 Å². The van der Waals surface area contributed by atoms with Crippen molar-refractivity contribution in [2.45, 2.75) is 37.1 Å². The third-order valence-corrected chi connectivity index (χ3v) is 8.80. The van der Waals surface area contributed by atoms with Crippen molar-refractivity contribution in [3.63, 3.8) is 0 Å². The van der Waals surface area contributed by atoms with Gasteiger partial charge in [0.2, 0.25) is 0 Å². The Kier molecular flexibility index (Phi) is 3.99. The van der Waals surface area contributed by atoms with Gasteiger partial charge in [0.1, 0.15) is 9.75 Å². The summed E-state index contributed by atoms with van der Waals surface area (Å²) in [6.07, 6.45) is 0. The van der Waals surface area contributed by atoms with Gasteiger partial charge in [0.05, 0.1) is 6.67 Å². The first kappa shape index (κ1) is 19.7. The monoisotopic (exact) mass is 448 g/mol. The van der Waals surface area contributed by atoms with E-state index in [0.717, 1.165) is 53.1 Å². The van der Waals surface area contributed by atoms with Gasteiger partial charge >= 0.3 is 0 Å². The molecule has 3 aliphatic carbocycles. The summed E-state index contributed by atoms with van der Waals surface area (Å²) in [7, 11) is 2.17. The molecule has 1 heterocycles. The van der Waals surface area contributed by atoms with E-state index in [-0.39, 0.29) is 0 Å². The molecule has 0 aromatic heterocycles. The largest absolute Gasteiger partial charge is 0.359 e. The second kappa shape index (κ2) is 6.28. The van der Waals surface area contributed by atoms with Gasteiger partial charge in [-0.05, 0) is 90.0 Å². The Morgan fingerprint density at radius 3 is 1.87 bits per heavy atom. The summed E-state index contributed by atoms with van der Waals surface area (Å²) < 4.78 is 0. The van der Waals surface area contributed by atoms with Gasteiger partial charge in [-0.25, -0.2) is 0 Å². The van der Waals surface area contributed by atoms with Crippen molar-refractivity contribution in [2.75, 3.05) is 25.2 Å². The van der Waals surface area contributed by atoms with E-state index in [1.165, 1.54) is 22.4 Å². The molecule has 4 heteroatoms. The minimum Gasteiger partial charge on any atom is -0.359 e. The zero-order valence-corrected chi connectivity index (χ0v) is 19.9. The minimum absolute atomic E-state index is 0.724. The van der Waals surface area contributed by atoms with E-state index in [4.69, 9.17) is 23.2 Å². The number of anilines is 1. The zero-order chi connectivity index (χ0) is 21.7. The molecule has 0 spiro atoms. The van der Waals surface area contributed by atoms with Crippen LogP contribution in [0.5, 0.6) is 0 Å². The van der Waals surface area contributed by atoms with Crippen molar-refractivity contribution in [1.82, 2.24) is 4.90 Å². The van der Waals surface area contributed by atoms with E-state index < -0.39 is 9.75 Å². The molecule has 2 bridgehead atoms. The Hall–Kier alpha value is -2.00. The zero-order valence-electron chi connectivity index (χ0n) is 18.4. The summed E-state index contributed by atoms with van der Waals surface area (Å²) in [6, 6.07) is 17.7. The lowest BCUT2D eigenvalue weighted by atomic mass is 9.59. The molecule has 0 fully saturated rings. The van der Waals surface area contributed by atoms with Gasteiger partial charge in [-0.3, -0.25) is 4.90 Å². The Morgan fingerprint density at radius 1 is 0.806 bits per heavy atom. The Morgan fingerprint density at radius 2 is 1.32 bits per heavy atom. The van der Waals surface area contributed by atoms with Gasteiger partial charge in [-0.2, -0.15) is 0 Å². The average molecular weight is 449 g/mol. The first-order chi connectivity index (χ1) is 14.8. The van der Waals surface area contributed by atoms with E-state index in [1.54, 1.807) is 0 Å². The van der Waals surface area contributed by atoms with Crippen LogP contribution in [0.3, 0.4) is 0 Å². The number of rotatable bonds is 1. The Bertz CT molecular complexity index is 1270. The Labute approximate surface area is 194 Å². The first-order valence-electron chi connectivity index (χ1n) is 11.0. The topological polar surface area (TPSA) is 6.48 Å². The molecule has 4 aliphatic rings. The molecule has 31 heavy (non-hydrogen) atoms. The van der Waals surface area contributed by atoms with E-state index in [0.29, 0.717) is 0 Å². The van der Waals surface area contributed by atoms with Crippen LogP contribution in [0.1, 0.15) is 57.0 Å². The maximum absolute atomic E-state index is 7.75. The molecule has 7 rings (SSSR count). The smallest absolute Gasteiger partial charge is 0.121 e. The molecule has 2 unspecified atom stereocenters. The summed E-state index contributed by atoms with van der Waals surface area (Å²) in [4.78, 5) is 3.33. The number of benzene rings is 3. The van der Waals surface area contributed by atoms with Gasteiger partial charge in [-0.15, -0.1) is 23.2 Å². The van der Waals surface area contributed by atoms with E-state index >= 15 is 0 Å². The molecule has 0 N–H and O–H groups in total. The first-order valence-corrected chi connectivity index (χ1v) is 11.8. The maximum Gasteiger partial charge on any atom is 0.121 e. The van der Waals surface area contributed by atoms with E-state index in [2.05, 4.69) is 86.1 Å². The number of nitrogens with zero attached hydrogens (tertiary/aromatic N) is 2. The second-order valence-electron chi connectivity index (χ2n) is 9.38. The van der Waals surface area contributed by atoms with Crippen LogP contribution in [-0.4, -0.2) is 25.2 Å². The summed E-state index contributed by atoms with van der Waals surface area (Å²) >= 11 is 15.5. The molecule has 2 nitrogen and oxygen atoms in total. The molecule has 0 saturated carbocycles. The van der Waals surface area contributed by atoms with Crippen LogP contribution in [0, 0.1) is 13.8 Å². The van der Waals surface area contributed by atoms with Crippen molar-refractivity contribution in [2.24, 2.45) is 0 Å². The highest BCUT2D eigenvalue weighted by Gasteiger charge is 2.58. The third kappa shape index (κ3) is 2.29. The number of aryl methyl sites for hydroxylation is 2. The standard InChI is InChI=1S/C27H26Cl2N2/c1-5-31-15-30(4)14-18-12-23-24(13-25(18)31)27(29)20-9-7-6-8-19(20)26(23,28)21-10-16(2)17(3)11-22(21)27/h6-13H,5,14-15H2,1-4H3. The number of hydrogen-bond donors (Lipinski definition) is 0. The van der Waals surface area contributed by atoms with Crippen molar-refractivity contribution in [3.8, 4) is 0 Å². The molecule has 0 amide bonds.